The van der Waals surface area contributed by atoms with E-state index in [2.05, 4.69) is 32.2 Å². The number of ether oxygens (including phenoxy) is 1. The number of halogens is 1. The number of rotatable bonds is 11. The third kappa shape index (κ3) is 7.18. The molecule has 1 aromatic carbocycles. The lowest BCUT2D eigenvalue weighted by Gasteiger charge is -2.10. The summed E-state index contributed by atoms with van der Waals surface area (Å²) in [5, 5.41) is 6.17. The summed E-state index contributed by atoms with van der Waals surface area (Å²) in [7, 11) is -7.82. The number of benzene rings is 1. The first-order valence-electron chi connectivity index (χ1n) is 8.22. The highest BCUT2D eigenvalue weighted by atomic mass is 32.2. The number of hydrogen-bond acceptors (Lipinski definition) is 11. The number of aromatic nitrogens is 3. The molecular formula is C15H19FN6O6S2. The Morgan fingerprint density at radius 2 is 1.87 bits per heavy atom. The van der Waals surface area contributed by atoms with Crippen molar-refractivity contribution >= 4 is 43.2 Å². The Labute approximate surface area is 172 Å². The van der Waals surface area contributed by atoms with E-state index in [0.717, 1.165) is 11.5 Å². The van der Waals surface area contributed by atoms with Crippen LogP contribution >= 0.6 is 0 Å². The summed E-state index contributed by atoms with van der Waals surface area (Å²) in [6.07, 6.45) is -1.09. The first-order valence-corrected chi connectivity index (χ1v) is 11.4. The Hall–Kier alpha value is -2.88. The van der Waals surface area contributed by atoms with Crippen LogP contribution in [0.1, 0.15) is 0 Å². The lowest BCUT2D eigenvalue weighted by molar-refractivity contribution is 0.159. The average molecular weight is 462 g/mol. The zero-order valence-electron chi connectivity index (χ0n) is 15.4. The van der Waals surface area contributed by atoms with E-state index < -0.39 is 30.9 Å². The second-order valence-electron chi connectivity index (χ2n) is 5.68. The van der Waals surface area contributed by atoms with Gasteiger partial charge >= 0.3 is 6.08 Å². The molecule has 0 radical (unpaired) electrons. The second kappa shape index (κ2) is 9.75. The summed E-state index contributed by atoms with van der Waals surface area (Å²) in [4.78, 5) is 10.4. The zero-order valence-corrected chi connectivity index (χ0v) is 17.1. The lowest BCUT2D eigenvalue weighted by Crippen LogP contribution is -2.16. The quantitative estimate of drug-likeness (QED) is 0.207. The van der Waals surface area contributed by atoms with Crippen LogP contribution in [0, 0.1) is 6.08 Å². The largest absolute Gasteiger partial charge is 0.398 e. The van der Waals surface area contributed by atoms with Gasteiger partial charge in [0.25, 0.3) is 10.1 Å². The van der Waals surface area contributed by atoms with Gasteiger partial charge in [0, 0.05) is 17.6 Å². The van der Waals surface area contributed by atoms with E-state index in [9.17, 15) is 21.2 Å². The molecule has 0 amide bonds. The van der Waals surface area contributed by atoms with Gasteiger partial charge in [0.2, 0.25) is 11.9 Å². The Morgan fingerprint density at radius 3 is 2.50 bits per heavy atom. The molecular weight excluding hydrogens is 443 g/mol. The van der Waals surface area contributed by atoms with Crippen LogP contribution in [0.3, 0.4) is 0 Å². The number of anilines is 4. The van der Waals surface area contributed by atoms with Crippen LogP contribution in [0.4, 0.5) is 27.7 Å². The van der Waals surface area contributed by atoms with Gasteiger partial charge < -0.3 is 21.1 Å². The molecule has 15 heteroatoms. The topological polar surface area (TPSA) is 186 Å². The standard InChI is InChI=1S/C15H19FN6O6S2/c1-2-29(23,24)8-7-28-6-5-18-14-20-13(16)21-15(22-14)19-10-3-4-12(11(17)9-10)30(25,26)27/h2-4,9H,1,5-8,17H2,(H,25,26,27)(H2,18,19,20,21,22). The van der Waals surface area contributed by atoms with Crippen LogP contribution in [-0.4, -0.2) is 61.9 Å². The molecule has 0 saturated heterocycles. The van der Waals surface area contributed by atoms with E-state index >= 15 is 0 Å². The molecule has 30 heavy (non-hydrogen) atoms. The van der Waals surface area contributed by atoms with Gasteiger partial charge in [0.05, 0.1) is 24.7 Å². The number of nitrogen functional groups attached to an aromatic ring is 1. The fraction of sp³-hybridized carbons (Fsp3) is 0.267. The molecule has 0 saturated carbocycles. The van der Waals surface area contributed by atoms with Crippen molar-refractivity contribution in [3.05, 3.63) is 36.3 Å². The fourth-order valence-electron chi connectivity index (χ4n) is 2.07. The summed E-state index contributed by atoms with van der Waals surface area (Å²) >= 11 is 0. The van der Waals surface area contributed by atoms with Crippen LogP contribution in [0.5, 0.6) is 0 Å². The van der Waals surface area contributed by atoms with E-state index in [1.807, 2.05) is 0 Å². The van der Waals surface area contributed by atoms with Crippen molar-refractivity contribution < 1.29 is 30.5 Å². The average Bonchev–Trinajstić information content (AvgIpc) is 2.63. The zero-order chi connectivity index (χ0) is 22.4. The van der Waals surface area contributed by atoms with Crippen molar-refractivity contribution in [1.29, 1.82) is 0 Å². The molecule has 2 rings (SSSR count). The van der Waals surface area contributed by atoms with E-state index in [1.165, 1.54) is 12.1 Å². The predicted octanol–water partition coefficient (Wildman–Crippen LogP) is 0.570. The minimum Gasteiger partial charge on any atom is -0.398 e. The molecule has 0 atom stereocenters. The molecule has 0 bridgehead atoms. The highest BCUT2D eigenvalue weighted by molar-refractivity contribution is 7.94. The van der Waals surface area contributed by atoms with Crippen molar-refractivity contribution in [2.75, 3.05) is 41.9 Å². The van der Waals surface area contributed by atoms with E-state index in [4.69, 9.17) is 15.0 Å². The van der Waals surface area contributed by atoms with Crippen molar-refractivity contribution in [3.8, 4) is 0 Å². The summed E-state index contributed by atoms with van der Waals surface area (Å²) in [5.41, 5.74) is 5.60. The second-order valence-corrected chi connectivity index (χ2v) is 9.13. The van der Waals surface area contributed by atoms with Crippen molar-refractivity contribution in [1.82, 2.24) is 15.0 Å². The van der Waals surface area contributed by atoms with Gasteiger partial charge in [-0.2, -0.15) is 27.8 Å². The van der Waals surface area contributed by atoms with Crippen molar-refractivity contribution in [3.63, 3.8) is 0 Å². The Morgan fingerprint density at radius 1 is 1.17 bits per heavy atom. The van der Waals surface area contributed by atoms with Crippen LogP contribution in [0.2, 0.25) is 0 Å². The van der Waals surface area contributed by atoms with Gasteiger partial charge in [-0.1, -0.05) is 6.58 Å². The maximum Gasteiger partial charge on any atom is 0.315 e. The molecule has 0 fully saturated rings. The first kappa shape index (κ1) is 23.4. The van der Waals surface area contributed by atoms with E-state index in [-0.39, 0.29) is 48.8 Å². The number of nitrogens with zero attached hydrogens (tertiary/aromatic N) is 3. The highest BCUT2D eigenvalue weighted by Crippen LogP contribution is 2.24. The molecule has 1 heterocycles. The maximum atomic E-state index is 13.6. The van der Waals surface area contributed by atoms with Crippen LogP contribution in [-0.2, 0) is 24.7 Å². The Balaban J connectivity index is 1.95. The molecule has 5 N–H and O–H groups in total. The van der Waals surface area contributed by atoms with E-state index in [1.54, 1.807) is 0 Å². The maximum absolute atomic E-state index is 13.6. The molecule has 0 unspecified atom stereocenters. The van der Waals surface area contributed by atoms with Crippen LogP contribution in [0.15, 0.2) is 35.1 Å². The summed E-state index contributed by atoms with van der Waals surface area (Å²) in [6.45, 7) is 3.42. The Kier molecular flexibility index (Phi) is 7.60. The molecule has 12 nitrogen and oxygen atoms in total. The Bertz CT molecular complexity index is 1130. The first-order chi connectivity index (χ1) is 14.0. The van der Waals surface area contributed by atoms with Gasteiger partial charge in [0.15, 0.2) is 9.84 Å². The van der Waals surface area contributed by atoms with Gasteiger partial charge in [-0.15, -0.1) is 0 Å². The summed E-state index contributed by atoms with van der Waals surface area (Å²) in [5.74, 6) is -0.512. The minimum absolute atomic E-state index is 0.0324. The van der Waals surface area contributed by atoms with Crippen LogP contribution in [0.25, 0.3) is 0 Å². The highest BCUT2D eigenvalue weighted by Gasteiger charge is 2.14. The normalized spacial score (nSPS) is 11.8. The number of nitrogens with one attached hydrogen (secondary N) is 2. The molecule has 1 aromatic heterocycles. The van der Waals surface area contributed by atoms with Gasteiger partial charge in [-0.05, 0) is 18.2 Å². The van der Waals surface area contributed by atoms with Gasteiger partial charge in [-0.3, -0.25) is 4.55 Å². The third-order valence-corrected chi connectivity index (χ3v) is 5.62. The van der Waals surface area contributed by atoms with Crippen LogP contribution < -0.4 is 16.4 Å². The minimum atomic E-state index is -4.48. The van der Waals surface area contributed by atoms with Crippen molar-refractivity contribution in [2.24, 2.45) is 0 Å². The number of sulfone groups is 1. The molecule has 0 aliphatic carbocycles. The van der Waals surface area contributed by atoms with Crippen molar-refractivity contribution in [2.45, 2.75) is 4.90 Å². The molecule has 2 aromatic rings. The SMILES string of the molecule is C=CS(=O)(=O)CCOCCNc1nc(F)nc(Nc2ccc(S(=O)(=O)O)c(N)c2)n1. The lowest BCUT2D eigenvalue weighted by atomic mass is 10.3. The molecule has 164 valence electrons. The fourth-order valence-corrected chi connectivity index (χ4v) is 3.18. The number of hydrogen-bond donors (Lipinski definition) is 4. The van der Waals surface area contributed by atoms with Gasteiger partial charge in [-0.25, -0.2) is 8.42 Å². The third-order valence-electron chi connectivity index (χ3n) is 3.45. The molecule has 0 aliphatic heterocycles. The monoisotopic (exact) mass is 462 g/mol. The van der Waals surface area contributed by atoms with E-state index in [0.29, 0.717) is 0 Å². The molecule has 0 spiro atoms. The summed E-state index contributed by atoms with van der Waals surface area (Å²) < 4.78 is 72.6. The molecule has 0 aliphatic rings. The summed E-state index contributed by atoms with van der Waals surface area (Å²) in [6, 6.07) is 3.54. The smallest absolute Gasteiger partial charge is 0.315 e. The van der Waals surface area contributed by atoms with Gasteiger partial charge in [0.1, 0.15) is 4.90 Å². The number of nitrogens with two attached hydrogens (primary N) is 1. The predicted molar refractivity (Wildman–Crippen MR) is 107 cm³/mol.